The van der Waals surface area contributed by atoms with Crippen LogP contribution in [0.5, 0.6) is 11.5 Å². The third-order valence-electron chi connectivity index (χ3n) is 4.88. The summed E-state index contributed by atoms with van der Waals surface area (Å²) in [6.07, 6.45) is 1.41. The van der Waals surface area contributed by atoms with Gasteiger partial charge in [0, 0.05) is 16.8 Å². The van der Waals surface area contributed by atoms with Crippen LogP contribution in [0.3, 0.4) is 0 Å². The Hall–Kier alpha value is -4.59. The summed E-state index contributed by atoms with van der Waals surface area (Å²) in [7, 11) is 1.45. The zero-order valence-corrected chi connectivity index (χ0v) is 18.2. The minimum atomic E-state index is -0.522. The Morgan fingerprint density at radius 2 is 1.74 bits per heavy atom. The van der Waals surface area contributed by atoms with Crippen LogP contribution in [0.15, 0.2) is 89.5 Å². The van der Waals surface area contributed by atoms with E-state index in [1.165, 1.54) is 37.6 Å². The van der Waals surface area contributed by atoms with E-state index in [2.05, 4.69) is 10.6 Å². The van der Waals surface area contributed by atoms with Gasteiger partial charge in [-0.25, -0.2) is 4.39 Å². The highest BCUT2D eigenvalue weighted by molar-refractivity contribution is 6.06. The molecule has 0 aliphatic heterocycles. The van der Waals surface area contributed by atoms with E-state index in [4.69, 9.17) is 13.9 Å². The van der Waals surface area contributed by atoms with Crippen LogP contribution in [-0.2, 0) is 6.61 Å². The van der Waals surface area contributed by atoms with Gasteiger partial charge in [0.15, 0.2) is 5.76 Å². The van der Waals surface area contributed by atoms with E-state index in [1.54, 1.807) is 18.2 Å². The number of hydrogen-bond acceptors (Lipinski definition) is 5. The summed E-state index contributed by atoms with van der Waals surface area (Å²) >= 11 is 0. The number of halogens is 1. The van der Waals surface area contributed by atoms with Crippen LogP contribution in [0.4, 0.5) is 15.8 Å². The van der Waals surface area contributed by atoms with Gasteiger partial charge in [-0.15, -0.1) is 0 Å². The first kappa shape index (κ1) is 22.6. The molecule has 8 heteroatoms. The minimum absolute atomic E-state index is 0.108. The number of anilines is 2. The van der Waals surface area contributed by atoms with Crippen molar-refractivity contribution in [3.63, 3.8) is 0 Å². The molecule has 7 nitrogen and oxygen atoms in total. The zero-order valence-electron chi connectivity index (χ0n) is 18.2. The molecular formula is C26H21FN2O5. The Balaban J connectivity index is 1.47. The zero-order chi connectivity index (χ0) is 23.9. The summed E-state index contributed by atoms with van der Waals surface area (Å²) in [6, 6.07) is 21.0. The fourth-order valence-electron chi connectivity index (χ4n) is 3.22. The lowest BCUT2D eigenvalue weighted by molar-refractivity contribution is 0.0992. The average Bonchev–Trinajstić information content (AvgIpc) is 3.32. The monoisotopic (exact) mass is 460 g/mol. The van der Waals surface area contributed by atoms with Crippen LogP contribution < -0.4 is 20.1 Å². The number of hydrogen-bond donors (Lipinski definition) is 2. The summed E-state index contributed by atoms with van der Waals surface area (Å²) in [5, 5.41) is 5.42. The second-order valence-electron chi connectivity index (χ2n) is 7.21. The number of amides is 2. The standard InChI is InChI=1S/C26H21FN2O5/c1-32-23-11-10-20(15-22(23)29-25(30)17-6-5-7-19(27)14-17)28-26(31)24-18(12-13-33-24)16-34-21-8-3-2-4-9-21/h2-15H,16H2,1H3,(H,28,31)(H,29,30). The number of furan rings is 1. The lowest BCUT2D eigenvalue weighted by atomic mass is 10.2. The van der Waals surface area contributed by atoms with Crippen LogP contribution in [-0.4, -0.2) is 18.9 Å². The number of ether oxygens (including phenoxy) is 2. The van der Waals surface area contributed by atoms with Crippen molar-refractivity contribution in [3.8, 4) is 11.5 Å². The number of carbonyl (C=O) groups excluding carboxylic acids is 2. The smallest absolute Gasteiger partial charge is 0.291 e. The van der Waals surface area contributed by atoms with Crippen molar-refractivity contribution in [1.82, 2.24) is 0 Å². The summed E-state index contributed by atoms with van der Waals surface area (Å²) in [5.41, 5.74) is 1.43. The fraction of sp³-hybridized carbons (Fsp3) is 0.0769. The van der Waals surface area contributed by atoms with Gasteiger partial charge in [0.1, 0.15) is 23.9 Å². The van der Waals surface area contributed by atoms with Gasteiger partial charge in [-0.3, -0.25) is 9.59 Å². The maximum absolute atomic E-state index is 13.5. The Morgan fingerprint density at radius 1 is 0.912 bits per heavy atom. The Bertz CT molecular complexity index is 1300. The first-order chi connectivity index (χ1) is 16.5. The quantitative estimate of drug-likeness (QED) is 0.362. The molecule has 0 bridgehead atoms. The second kappa shape index (κ2) is 10.4. The van der Waals surface area contributed by atoms with Gasteiger partial charge >= 0.3 is 0 Å². The molecule has 2 N–H and O–H groups in total. The molecular weight excluding hydrogens is 439 g/mol. The van der Waals surface area contributed by atoms with Gasteiger partial charge in [-0.1, -0.05) is 24.3 Å². The van der Waals surface area contributed by atoms with Crippen molar-refractivity contribution in [3.05, 3.63) is 108 Å². The molecule has 1 aromatic heterocycles. The van der Waals surface area contributed by atoms with E-state index in [1.807, 2.05) is 30.3 Å². The van der Waals surface area contributed by atoms with Crippen molar-refractivity contribution in [1.29, 1.82) is 0 Å². The molecule has 0 fully saturated rings. The molecule has 3 aromatic carbocycles. The molecule has 1 heterocycles. The van der Waals surface area contributed by atoms with Crippen LogP contribution in [0, 0.1) is 5.82 Å². The van der Waals surface area contributed by atoms with Crippen LogP contribution in [0.25, 0.3) is 0 Å². The van der Waals surface area contributed by atoms with E-state index in [0.29, 0.717) is 28.4 Å². The Labute approximate surface area is 195 Å². The number of nitrogens with one attached hydrogen (secondary N) is 2. The number of benzene rings is 3. The fourth-order valence-corrected chi connectivity index (χ4v) is 3.22. The van der Waals surface area contributed by atoms with E-state index in [0.717, 1.165) is 6.07 Å². The molecule has 0 spiro atoms. The van der Waals surface area contributed by atoms with Crippen LogP contribution >= 0.6 is 0 Å². The molecule has 4 aromatic rings. The first-order valence-electron chi connectivity index (χ1n) is 10.3. The lowest BCUT2D eigenvalue weighted by Crippen LogP contribution is -2.15. The summed E-state index contributed by atoms with van der Waals surface area (Å²) in [5.74, 6) is -0.373. The molecule has 0 aliphatic carbocycles. The lowest BCUT2D eigenvalue weighted by Gasteiger charge is -2.13. The Morgan fingerprint density at radius 3 is 2.50 bits per heavy atom. The predicted molar refractivity (Wildman–Crippen MR) is 125 cm³/mol. The summed E-state index contributed by atoms with van der Waals surface area (Å²) in [4.78, 5) is 25.4. The SMILES string of the molecule is COc1ccc(NC(=O)c2occc2COc2ccccc2)cc1NC(=O)c1cccc(F)c1. The molecule has 0 atom stereocenters. The van der Waals surface area contributed by atoms with Crippen molar-refractivity contribution >= 4 is 23.2 Å². The molecule has 172 valence electrons. The van der Waals surface area contributed by atoms with Gasteiger partial charge in [0.25, 0.3) is 11.8 Å². The van der Waals surface area contributed by atoms with Gasteiger partial charge < -0.3 is 24.5 Å². The summed E-state index contributed by atoms with van der Waals surface area (Å²) in [6.45, 7) is 0.154. The van der Waals surface area contributed by atoms with E-state index >= 15 is 0 Å². The molecule has 34 heavy (non-hydrogen) atoms. The highest BCUT2D eigenvalue weighted by atomic mass is 19.1. The average molecular weight is 460 g/mol. The van der Waals surface area contributed by atoms with Gasteiger partial charge in [-0.05, 0) is 54.6 Å². The minimum Gasteiger partial charge on any atom is -0.495 e. The molecule has 0 saturated carbocycles. The molecule has 2 amide bonds. The van der Waals surface area contributed by atoms with Gasteiger partial charge in [-0.2, -0.15) is 0 Å². The van der Waals surface area contributed by atoms with Crippen molar-refractivity contribution in [2.24, 2.45) is 0 Å². The maximum atomic E-state index is 13.5. The molecule has 0 aliphatic rings. The molecule has 0 saturated heterocycles. The van der Waals surface area contributed by atoms with E-state index in [9.17, 15) is 14.0 Å². The predicted octanol–water partition coefficient (Wildman–Crippen LogP) is 5.51. The van der Waals surface area contributed by atoms with E-state index in [-0.39, 0.29) is 17.9 Å². The normalized spacial score (nSPS) is 10.4. The first-order valence-corrected chi connectivity index (χ1v) is 10.3. The largest absolute Gasteiger partial charge is 0.495 e. The number of carbonyl (C=O) groups is 2. The third-order valence-corrected chi connectivity index (χ3v) is 4.88. The molecule has 0 radical (unpaired) electrons. The Kier molecular flexibility index (Phi) is 6.88. The number of para-hydroxylation sites is 1. The van der Waals surface area contributed by atoms with Crippen molar-refractivity contribution < 1.29 is 27.9 Å². The van der Waals surface area contributed by atoms with Crippen molar-refractivity contribution in [2.45, 2.75) is 6.61 Å². The third kappa shape index (κ3) is 5.42. The summed E-state index contributed by atoms with van der Waals surface area (Å²) < 4.78 is 29.8. The van der Waals surface area contributed by atoms with Gasteiger partial charge in [0.05, 0.1) is 19.1 Å². The molecule has 4 rings (SSSR count). The van der Waals surface area contributed by atoms with Gasteiger partial charge in [0.2, 0.25) is 0 Å². The highest BCUT2D eigenvalue weighted by Crippen LogP contribution is 2.29. The van der Waals surface area contributed by atoms with Crippen molar-refractivity contribution in [2.75, 3.05) is 17.7 Å². The topological polar surface area (TPSA) is 89.8 Å². The van der Waals surface area contributed by atoms with Crippen LogP contribution in [0.2, 0.25) is 0 Å². The number of rotatable bonds is 8. The second-order valence-corrected chi connectivity index (χ2v) is 7.21. The van der Waals surface area contributed by atoms with E-state index < -0.39 is 17.6 Å². The van der Waals surface area contributed by atoms with Crippen LogP contribution in [0.1, 0.15) is 26.5 Å². The molecule has 0 unspecified atom stereocenters. The number of methoxy groups -OCH3 is 1. The highest BCUT2D eigenvalue weighted by Gasteiger charge is 2.18. The maximum Gasteiger partial charge on any atom is 0.291 e.